The molecule has 5 heteroatoms. The number of amides is 1. The molecule has 104 valence electrons. The van der Waals surface area contributed by atoms with Gasteiger partial charge in [-0.3, -0.25) is 4.79 Å². The van der Waals surface area contributed by atoms with Crippen molar-refractivity contribution in [2.24, 2.45) is 0 Å². The van der Waals surface area contributed by atoms with E-state index in [1.807, 2.05) is 31.2 Å². The van der Waals surface area contributed by atoms with Crippen LogP contribution in [0, 0.1) is 6.92 Å². The molecule has 0 aromatic heterocycles. The van der Waals surface area contributed by atoms with E-state index in [-0.39, 0.29) is 11.9 Å². The van der Waals surface area contributed by atoms with Crippen LogP contribution in [0.3, 0.4) is 0 Å². The molecule has 0 bridgehead atoms. The number of β-amino-alcohol motifs (C(OH)–C–C–N with tert-alkyl or cyclic N) is 1. The number of aliphatic hydroxyl groups excluding tert-OH is 1. The maximum Gasteiger partial charge on any atom is 0.237 e. The summed E-state index contributed by atoms with van der Waals surface area (Å²) >= 11 is 0. The molecule has 0 spiro atoms. The van der Waals surface area contributed by atoms with Crippen LogP contribution in [-0.4, -0.2) is 42.9 Å². The lowest BCUT2D eigenvalue weighted by Crippen LogP contribution is -2.41. The summed E-state index contributed by atoms with van der Waals surface area (Å²) in [7, 11) is 0. The Labute approximate surface area is 113 Å². The lowest BCUT2D eigenvalue weighted by Gasteiger charge is -2.11. The number of hydrogen-bond acceptors (Lipinski definition) is 4. The molecule has 0 unspecified atom stereocenters. The average molecular weight is 264 g/mol. The fourth-order valence-corrected chi connectivity index (χ4v) is 2.09. The van der Waals surface area contributed by atoms with Crippen LogP contribution >= 0.6 is 0 Å². The summed E-state index contributed by atoms with van der Waals surface area (Å²) < 4.78 is 5.54. The van der Waals surface area contributed by atoms with Crippen molar-refractivity contribution >= 4 is 5.91 Å². The average Bonchev–Trinajstić information content (AvgIpc) is 2.81. The third-order valence-electron chi connectivity index (χ3n) is 3.08. The van der Waals surface area contributed by atoms with Crippen LogP contribution in [0.2, 0.25) is 0 Å². The SMILES string of the molecule is Cc1cccc(OCCNC(=O)[C@H]2C[C@@H](O)CN2)c1. The van der Waals surface area contributed by atoms with E-state index < -0.39 is 6.10 Å². The summed E-state index contributed by atoms with van der Waals surface area (Å²) in [5.74, 6) is 0.730. The molecule has 2 rings (SSSR count). The highest BCUT2D eigenvalue weighted by Crippen LogP contribution is 2.11. The number of hydrogen-bond donors (Lipinski definition) is 3. The van der Waals surface area contributed by atoms with Gasteiger partial charge in [0.15, 0.2) is 0 Å². The highest BCUT2D eigenvalue weighted by Gasteiger charge is 2.27. The first kappa shape index (κ1) is 13.8. The molecular weight excluding hydrogens is 244 g/mol. The van der Waals surface area contributed by atoms with E-state index in [1.165, 1.54) is 0 Å². The van der Waals surface area contributed by atoms with Gasteiger partial charge < -0.3 is 20.5 Å². The van der Waals surface area contributed by atoms with Crippen molar-refractivity contribution < 1.29 is 14.6 Å². The molecule has 1 aliphatic heterocycles. The summed E-state index contributed by atoms with van der Waals surface area (Å²) in [6.07, 6.45) is 0.0594. The smallest absolute Gasteiger partial charge is 0.237 e. The fourth-order valence-electron chi connectivity index (χ4n) is 2.09. The predicted molar refractivity (Wildman–Crippen MR) is 72.1 cm³/mol. The zero-order chi connectivity index (χ0) is 13.7. The molecule has 1 aromatic carbocycles. The quantitative estimate of drug-likeness (QED) is 0.665. The molecule has 0 radical (unpaired) electrons. The third-order valence-corrected chi connectivity index (χ3v) is 3.08. The highest BCUT2D eigenvalue weighted by molar-refractivity contribution is 5.82. The van der Waals surface area contributed by atoms with Crippen molar-refractivity contribution in [3.8, 4) is 5.75 Å². The van der Waals surface area contributed by atoms with Gasteiger partial charge >= 0.3 is 0 Å². The molecule has 1 aromatic rings. The number of aryl methyl sites for hydroxylation is 1. The Morgan fingerprint density at radius 1 is 1.58 bits per heavy atom. The number of carbonyl (C=O) groups excluding carboxylic acids is 1. The van der Waals surface area contributed by atoms with Gasteiger partial charge in [0.2, 0.25) is 5.91 Å². The summed E-state index contributed by atoms with van der Waals surface area (Å²) in [5.41, 5.74) is 1.14. The highest BCUT2D eigenvalue weighted by atomic mass is 16.5. The van der Waals surface area contributed by atoms with Crippen LogP contribution in [0.1, 0.15) is 12.0 Å². The van der Waals surface area contributed by atoms with E-state index >= 15 is 0 Å². The largest absolute Gasteiger partial charge is 0.492 e. The maximum atomic E-state index is 11.7. The molecule has 2 atom stereocenters. The van der Waals surface area contributed by atoms with Crippen LogP contribution in [0.25, 0.3) is 0 Å². The number of aliphatic hydroxyl groups is 1. The van der Waals surface area contributed by atoms with Crippen LogP contribution in [0.15, 0.2) is 24.3 Å². The molecule has 1 fully saturated rings. The molecule has 5 nitrogen and oxygen atoms in total. The lowest BCUT2D eigenvalue weighted by molar-refractivity contribution is -0.123. The second-order valence-corrected chi connectivity index (χ2v) is 4.81. The summed E-state index contributed by atoms with van der Waals surface area (Å²) in [6, 6.07) is 7.51. The molecule has 1 saturated heterocycles. The zero-order valence-corrected chi connectivity index (χ0v) is 11.1. The second-order valence-electron chi connectivity index (χ2n) is 4.81. The third kappa shape index (κ3) is 4.22. The van der Waals surface area contributed by atoms with Gasteiger partial charge in [-0.2, -0.15) is 0 Å². The van der Waals surface area contributed by atoms with Gasteiger partial charge in [-0.1, -0.05) is 12.1 Å². The Hall–Kier alpha value is -1.59. The summed E-state index contributed by atoms with van der Waals surface area (Å²) in [4.78, 5) is 11.7. The minimum absolute atomic E-state index is 0.0793. The lowest BCUT2D eigenvalue weighted by atomic mass is 10.2. The summed E-state index contributed by atoms with van der Waals surface area (Å²) in [5, 5.41) is 15.1. The van der Waals surface area contributed by atoms with Gasteiger partial charge in [-0.15, -0.1) is 0 Å². The van der Waals surface area contributed by atoms with Crippen molar-refractivity contribution in [3.05, 3.63) is 29.8 Å². The Kier molecular flexibility index (Phi) is 4.76. The number of nitrogens with one attached hydrogen (secondary N) is 2. The van der Waals surface area contributed by atoms with Crippen molar-refractivity contribution in [3.63, 3.8) is 0 Å². The van der Waals surface area contributed by atoms with Crippen molar-refractivity contribution in [2.45, 2.75) is 25.5 Å². The van der Waals surface area contributed by atoms with Gasteiger partial charge in [-0.05, 0) is 31.0 Å². The zero-order valence-electron chi connectivity index (χ0n) is 11.1. The topological polar surface area (TPSA) is 70.6 Å². The second kappa shape index (κ2) is 6.54. The fraction of sp³-hybridized carbons (Fsp3) is 0.500. The number of benzene rings is 1. The minimum Gasteiger partial charge on any atom is -0.492 e. The van der Waals surface area contributed by atoms with Gasteiger partial charge in [-0.25, -0.2) is 0 Å². The Balaban J connectivity index is 1.65. The first-order valence-corrected chi connectivity index (χ1v) is 6.54. The maximum absolute atomic E-state index is 11.7. The molecular formula is C14H20N2O3. The van der Waals surface area contributed by atoms with E-state index in [0.29, 0.717) is 26.1 Å². The summed E-state index contributed by atoms with van der Waals surface area (Å²) in [6.45, 7) is 3.38. The Morgan fingerprint density at radius 3 is 3.11 bits per heavy atom. The molecule has 1 amide bonds. The minimum atomic E-state index is -0.417. The van der Waals surface area contributed by atoms with E-state index in [0.717, 1.165) is 11.3 Å². The van der Waals surface area contributed by atoms with Crippen molar-refractivity contribution in [1.29, 1.82) is 0 Å². The monoisotopic (exact) mass is 264 g/mol. The van der Waals surface area contributed by atoms with E-state index in [4.69, 9.17) is 4.74 Å². The predicted octanol–water partition coefficient (Wildman–Crippen LogP) is 0.213. The molecule has 1 heterocycles. The van der Waals surface area contributed by atoms with Crippen LogP contribution in [-0.2, 0) is 4.79 Å². The van der Waals surface area contributed by atoms with E-state index in [1.54, 1.807) is 0 Å². The van der Waals surface area contributed by atoms with Crippen molar-refractivity contribution in [2.75, 3.05) is 19.7 Å². The molecule has 1 aliphatic rings. The number of rotatable bonds is 5. The Bertz CT molecular complexity index is 436. The number of carbonyl (C=O) groups is 1. The molecule has 3 N–H and O–H groups in total. The molecule has 0 saturated carbocycles. The van der Waals surface area contributed by atoms with Crippen molar-refractivity contribution in [1.82, 2.24) is 10.6 Å². The Morgan fingerprint density at radius 2 is 2.42 bits per heavy atom. The van der Waals surface area contributed by atoms with E-state index in [2.05, 4.69) is 10.6 Å². The molecule has 19 heavy (non-hydrogen) atoms. The first-order valence-electron chi connectivity index (χ1n) is 6.54. The normalized spacial score (nSPS) is 22.2. The van der Waals surface area contributed by atoms with Gasteiger partial charge in [0.1, 0.15) is 12.4 Å². The van der Waals surface area contributed by atoms with Gasteiger partial charge in [0.05, 0.1) is 18.7 Å². The standard InChI is InChI=1S/C14H20N2O3/c1-10-3-2-4-12(7-10)19-6-5-15-14(18)13-8-11(17)9-16-13/h2-4,7,11,13,16-17H,5-6,8-9H2,1H3,(H,15,18)/t11-,13-/m1/s1. The molecule has 0 aliphatic carbocycles. The van der Waals surface area contributed by atoms with Gasteiger partial charge in [0, 0.05) is 6.54 Å². The van der Waals surface area contributed by atoms with Crippen LogP contribution in [0.4, 0.5) is 0 Å². The first-order chi connectivity index (χ1) is 9.15. The van der Waals surface area contributed by atoms with Gasteiger partial charge in [0.25, 0.3) is 0 Å². The van der Waals surface area contributed by atoms with Crippen LogP contribution in [0.5, 0.6) is 5.75 Å². The van der Waals surface area contributed by atoms with E-state index in [9.17, 15) is 9.90 Å². The number of ether oxygens (including phenoxy) is 1. The van der Waals surface area contributed by atoms with Crippen LogP contribution < -0.4 is 15.4 Å².